The molecule has 0 aliphatic heterocycles. The van der Waals surface area contributed by atoms with Gasteiger partial charge < -0.3 is 4.23 Å². The predicted molar refractivity (Wildman–Crippen MR) is 138 cm³/mol. The smallest absolute Gasteiger partial charge is 0.147 e. The van der Waals surface area contributed by atoms with Crippen LogP contribution in [0, 0.1) is 0 Å². The molecule has 0 saturated heterocycles. The number of hydrogen-bond acceptors (Lipinski definition) is 1. The van der Waals surface area contributed by atoms with E-state index in [0.29, 0.717) is 0 Å². The van der Waals surface area contributed by atoms with Crippen molar-refractivity contribution in [3.63, 3.8) is 0 Å². The molecule has 29 heavy (non-hydrogen) atoms. The molecule has 2 aromatic carbocycles. The largest absolute Gasteiger partial charge is 0.423 e. The molecule has 1 nitrogen and oxygen atoms in total. The second-order valence-corrected chi connectivity index (χ2v) is 21.9. The minimum atomic E-state index is -1.79. The molecule has 0 amide bonds. The molecule has 0 radical (unpaired) electrons. The summed E-state index contributed by atoms with van der Waals surface area (Å²) in [5.74, 6) is 0. The highest BCUT2D eigenvalue weighted by molar-refractivity contribution is 7.02. The van der Waals surface area contributed by atoms with Gasteiger partial charge in [0.05, 0.1) is 0 Å². The maximum atomic E-state index is 4.42. The molecule has 0 unspecified atom stereocenters. The monoisotopic (exact) mass is 423 g/mol. The summed E-state index contributed by atoms with van der Waals surface area (Å²) in [6.07, 6.45) is 0. The van der Waals surface area contributed by atoms with Crippen molar-refractivity contribution in [2.75, 3.05) is 4.23 Å². The molecule has 0 fully saturated rings. The van der Waals surface area contributed by atoms with Gasteiger partial charge in [-0.05, 0) is 38.9 Å². The van der Waals surface area contributed by atoms with Gasteiger partial charge >= 0.3 is 0 Å². The molecule has 2 rings (SSSR count). The molecule has 0 atom stereocenters. The Kier molecular flexibility index (Phi) is 6.47. The Morgan fingerprint density at radius 1 is 0.690 bits per heavy atom. The fourth-order valence-corrected chi connectivity index (χ4v) is 14.2. The van der Waals surface area contributed by atoms with Crippen LogP contribution in [-0.4, -0.2) is 16.5 Å². The Labute approximate surface area is 182 Å². The summed E-state index contributed by atoms with van der Waals surface area (Å²) in [5.41, 5.74) is 4.88. The molecule has 0 aliphatic carbocycles. The summed E-state index contributed by atoms with van der Waals surface area (Å²) in [5, 5.41) is 0.546. The van der Waals surface area contributed by atoms with E-state index < -0.39 is 16.5 Å². The highest BCUT2D eigenvalue weighted by Gasteiger charge is 2.51. The molecule has 0 aliphatic rings. The number of nitrogens with zero attached hydrogens (tertiary/aromatic N) is 1. The van der Waals surface area contributed by atoms with Crippen LogP contribution < -0.4 is 4.23 Å². The maximum absolute atomic E-state index is 4.42. The van der Waals surface area contributed by atoms with Gasteiger partial charge in [-0.3, -0.25) is 0 Å². The van der Waals surface area contributed by atoms with Crippen LogP contribution in [0.2, 0.25) is 36.3 Å². The third kappa shape index (κ3) is 4.61. The first-order valence-corrected chi connectivity index (χ1v) is 16.7. The lowest BCUT2D eigenvalue weighted by Crippen LogP contribution is -2.69. The molecule has 0 saturated carbocycles. The fraction of sp³-hybridized carbons (Fsp3) is 0.462. The van der Waals surface area contributed by atoms with E-state index in [1.54, 1.807) is 0 Å². The summed E-state index contributed by atoms with van der Waals surface area (Å²) >= 11 is 0. The molecule has 0 spiro atoms. The zero-order valence-corrected chi connectivity index (χ0v) is 22.4. The minimum absolute atomic E-state index is 0.273. The Hall–Kier alpha value is -1.59. The van der Waals surface area contributed by atoms with Crippen molar-refractivity contribution in [1.29, 1.82) is 0 Å². The average molecular weight is 424 g/mol. The summed E-state index contributed by atoms with van der Waals surface area (Å²) < 4.78 is 2.92. The third-order valence-electron chi connectivity index (χ3n) is 7.36. The third-order valence-corrected chi connectivity index (χ3v) is 20.8. The number of rotatable bonds is 5. The summed E-state index contributed by atoms with van der Waals surface area (Å²) in [6.45, 7) is 29.1. The standard InChI is InChI=1S/C26H41NSi2/c1-21(22-16-13-12-14-17-22)23-18-15-19-24(20-23)27(28(8,9)25(2,3)4)29(10,11)26(5,6)7/h12-20H,1H2,2-11H3. The molecule has 0 heterocycles. The lowest BCUT2D eigenvalue weighted by Gasteiger charge is -2.58. The van der Waals surface area contributed by atoms with Crippen molar-refractivity contribution in [2.24, 2.45) is 0 Å². The molecule has 0 N–H and O–H groups in total. The van der Waals surface area contributed by atoms with Crippen LogP contribution >= 0.6 is 0 Å². The van der Waals surface area contributed by atoms with Crippen LogP contribution in [0.1, 0.15) is 52.7 Å². The van der Waals surface area contributed by atoms with Gasteiger partial charge in [0.2, 0.25) is 0 Å². The Morgan fingerprint density at radius 3 is 1.59 bits per heavy atom. The molecule has 158 valence electrons. The van der Waals surface area contributed by atoms with Crippen LogP contribution in [0.3, 0.4) is 0 Å². The van der Waals surface area contributed by atoms with Gasteiger partial charge in [0.15, 0.2) is 0 Å². The quantitative estimate of drug-likeness (QED) is 0.435. The minimum Gasteiger partial charge on any atom is -0.423 e. The fourth-order valence-electron chi connectivity index (χ4n) is 3.65. The van der Waals surface area contributed by atoms with E-state index in [0.717, 1.165) is 5.57 Å². The number of anilines is 1. The molecule has 2 aromatic rings. The Bertz CT molecular complexity index is 826. The molecule has 0 bridgehead atoms. The maximum Gasteiger partial charge on any atom is 0.147 e. The first kappa shape index (κ1) is 23.7. The Morgan fingerprint density at radius 2 is 1.14 bits per heavy atom. The van der Waals surface area contributed by atoms with Gasteiger partial charge in [-0.2, -0.15) is 0 Å². The first-order valence-electron chi connectivity index (χ1n) is 10.8. The van der Waals surface area contributed by atoms with E-state index in [-0.39, 0.29) is 10.1 Å². The van der Waals surface area contributed by atoms with Gasteiger partial charge in [-0.25, -0.2) is 0 Å². The zero-order chi connectivity index (χ0) is 22.3. The van der Waals surface area contributed by atoms with Crippen LogP contribution in [0.15, 0.2) is 61.2 Å². The van der Waals surface area contributed by atoms with Crippen molar-refractivity contribution in [3.05, 3.63) is 72.3 Å². The van der Waals surface area contributed by atoms with Crippen LogP contribution in [0.4, 0.5) is 5.69 Å². The lowest BCUT2D eigenvalue weighted by molar-refractivity contribution is 0.695. The summed E-state index contributed by atoms with van der Waals surface area (Å²) in [4.78, 5) is 0. The van der Waals surface area contributed by atoms with Crippen molar-refractivity contribution in [3.8, 4) is 0 Å². The van der Waals surface area contributed by atoms with Crippen LogP contribution in [0.5, 0.6) is 0 Å². The van der Waals surface area contributed by atoms with Crippen molar-refractivity contribution < 1.29 is 0 Å². The van der Waals surface area contributed by atoms with E-state index in [9.17, 15) is 0 Å². The molecular weight excluding hydrogens is 382 g/mol. The van der Waals surface area contributed by atoms with Crippen molar-refractivity contribution >= 4 is 27.7 Å². The molecule has 3 heteroatoms. The van der Waals surface area contributed by atoms with Gasteiger partial charge in [0.25, 0.3) is 0 Å². The summed E-state index contributed by atoms with van der Waals surface area (Å²) in [6, 6.07) is 19.6. The average Bonchev–Trinajstić information content (AvgIpc) is 2.60. The molecular formula is C26H41NSi2. The van der Waals surface area contributed by atoms with Gasteiger partial charge in [0, 0.05) is 5.69 Å². The van der Waals surface area contributed by atoms with E-state index in [4.69, 9.17) is 0 Å². The van der Waals surface area contributed by atoms with Crippen molar-refractivity contribution in [2.45, 2.75) is 77.8 Å². The SMILES string of the molecule is C=C(c1ccccc1)c1cccc(N([Si](C)(C)C(C)(C)C)[Si](C)(C)C(C)(C)C)c1. The Balaban J connectivity index is 2.66. The first-order chi connectivity index (χ1) is 13.1. The molecule has 0 aromatic heterocycles. The number of benzene rings is 2. The van der Waals surface area contributed by atoms with E-state index in [2.05, 4.69) is 133 Å². The van der Waals surface area contributed by atoms with Crippen molar-refractivity contribution in [1.82, 2.24) is 0 Å². The highest BCUT2D eigenvalue weighted by atomic mass is 28.4. The normalized spacial score (nSPS) is 13.3. The van der Waals surface area contributed by atoms with Crippen LogP contribution in [-0.2, 0) is 0 Å². The van der Waals surface area contributed by atoms with Gasteiger partial charge in [-0.15, -0.1) is 0 Å². The second kappa shape index (κ2) is 7.92. The lowest BCUT2D eigenvalue weighted by atomic mass is 9.99. The number of hydrogen-bond donors (Lipinski definition) is 0. The van der Waals surface area contributed by atoms with Gasteiger partial charge in [0.1, 0.15) is 16.5 Å². The van der Waals surface area contributed by atoms with Crippen LogP contribution in [0.25, 0.3) is 5.57 Å². The zero-order valence-electron chi connectivity index (χ0n) is 20.4. The highest BCUT2D eigenvalue weighted by Crippen LogP contribution is 2.49. The topological polar surface area (TPSA) is 3.24 Å². The van der Waals surface area contributed by atoms with Gasteiger partial charge in [-0.1, -0.05) is 117 Å². The van der Waals surface area contributed by atoms with E-state index in [1.165, 1.54) is 16.8 Å². The predicted octanol–water partition coefficient (Wildman–Crippen LogP) is 8.56. The van der Waals surface area contributed by atoms with E-state index >= 15 is 0 Å². The van der Waals surface area contributed by atoms with E-state index in [1.807, 2.05) is 0 Å². The second-order valence-electron chi connectivity index (χ2n) is 11.3. The summed E-state index contributed by atoms with van der Waals surface area (Å²) in [7, 11) is -3.58.